The van der Waals surface area contributed by atoms with Crippen LogP contribution in [0.1, 0.15) is 18.7 Å². The third-order valence-electron chi connectivity index (χ3n) is 3.42. The Morgan fingerprint density at radius 2 is 1.95 bits per heavy atom. The summed E-state index contributed by atoms with van der Waals surface area (Å²) in [4.78, 5) is 0. The van der Waals surface area contributed by atoms with Crippen LogP contribution in [0.4, 0.5) is 5.69 Å². The normalized spacial score (nSPS) is 12.3. The fourth-order valence-corrected chi connectivity index (χ4v) is 2.86. The van der Waals surface area contributed by atoms with E-state index in [0.717, 1.165) is 28.2 Å². The minimum absolute atomic E-state index is 0.0815. The Kier molecular flexibility index (Phi) is 4.05. The number of hydrogen-bond acceptors (Lipinski definition) is 3. The van der Waals surface area contributed by atoms with Crippen LogP contribution in [-0.2, 0) is 0 Å². The van der Waals surface area contributed by atoms with Crippen molar-refractivity contribution in [1.29, 1.82) is 0 Å². The molecule has 0 fully saturated rings. The number of benzene rings is 2. The minimum atomic E-state index is 0.0815. The second kappa shape index (κ2) is 5.97. The number of ether oxygens (including phenoxy) is 1. The Labute approximate surface area is 137 Å². The van der Waals surface area contributed by atoms with E-state index in [0.29, 0.717) is 0 Å². The number of hydrogen-bond donors (Lipinski definition) is 1. The quantitative estimate of drug-likeness (QED) is 0.618. The van der Waals surface area contributed by atoms with Crippen molar-refractivity contribution in [2.75, 3.05) is 12.4 Å². The highest BCUT2D eigenvalue weighted by Crippen LogP contribution is 2.32. The van der Waals surface area contributed by atoms with Crippen LogP contribution in [0.5, 0.6) is 5.75 Å². The van der Waals surface area contributed by atoms with Crippen LogP contribution in [-0.4, -0.2) is 7.11 Å². The van der Waals surface area contributed by atoms with Crippen LogP contribution in [0.25, 0.3) is 11.0 Å². The Hall–Kier alpha value is -1.69. The van der Waals surface area contributed by atoms with Crippen LogP contribution >= 0.6 is 22.6 Å². The summed E-state index contributed by atoms with van der Waals surface area (Å²) in [6.07, 6.45) is 0. The second-order valence-corrected chi connectivity index (χ2v) is 6.04. The molecule has 1 atom stereocenters. The molecule has 0 radical (unpaired) electrons. The van der Waals surface area contributed by atoms with Gasteiger partial charge in [0.05, 0.1) is 13.2 Å². The van der Waals surface area contributed by atoms with E-state index in [2.05, 4.69) is 53.0 Å². The van der Waals surface area contributed by atoms with E-state index in [9.17, 15) is 0 Å². The largest absolute Gasteiger partial charge is 0.493 e. The highest BCUT2D eigenvalue weighted by molar-refractivity contribution is 14.1. The van der Waals surface area contributed by atoms with Gasteiger partial charge in [0.2, 0.25) is 0 Å². The van der Waals surface area contributed by atoms with Crippen molar-refractivity contribution in [3.8, 4) is 5.75 Å². The van der Waals surface area contributed by atoms with E-state index >= 15 is 0 Å². The molecular formula is C17H16INO2. The third-order valence-corrected chi connectivity index (χ3v) is 4.36. The van der Waals surface area contributed by atoms with Gasteiger partial charge in [-0.1, -0.05) is 24.3 Å². The predicted molar refractivity (Wildman–Crippen MR) is 94.0 cm³/mol. The molecule has 21 heavy (non-hydrogen) atoms. The number of fused-ring (bicyclic) bond motifs is 1. The molecule has 0 spiro atoms. The number of nitrogens with one attached hydrogen (secondary N) is 1. The maximum Gasteiger partial charge on any atom is 0.176 e. The standard InChI is InChI=1S/C17H16INO2/c1-11(19-14-8-4-3-7-13(14)18)16-10-12-6-5-9-15(20-2)17(12)21-16/h3-11,19H,1-2H3. The maximum absolute atomic E-state index is 5.97. The molecule has 3 nitrogen and oxygen atoms in total. The molecule has 3 aromatic rings. The monoisotopic (exact) mass is 393 g/mol. The summed E-state index contributed by atoms with van der Waals surface area (Å²) in [5, 5.41) is 4.54. The lowest BCUT2D eigenvalue weighted by Gasteiger charge is -2.14. The number of methoxy groups -OCH3 is 1. The molecule has 1 aromatic heterocycles. The molecule has 2 aromatic carbocycles. The number of anilines is 1. The second-order valence-electron chi connectivity index (χ2n) is 4.87. The zero-order valence-electron chi connectivity index (χ0n) is 11.9. The Morgan fingerprint density at radius 3 is 2.71 bits per heavy atom. The highest BCUT2D eigenvalue weighted by Gasteiger charge is 2.14. The summed E-state index contributed by atoms with van der Waals surface area (Å²) >= 11 is 2.33. The SMILES string of the molecule is COc1cccc2cc(C(C)Nc3ccccc3I)oc12. The van der Waals surface area contributed by atoms with E-state index in [4.69, 9.17) is 9.15 Å². The number of para-hydroxylation sites is 2. The highest BCUT2D eigenvalue weighted by atomic mass is 127. The molecular weight excluding hydrogens is 377 g/mol. The predicted octanol–water partition coefficient (Wildman–Crippen LogP) is 5.22. The zero-order chi connectivity index (χ0) is 14.8. The van der Waals surface area contributed by atoms with Gasteiger partial charge in [0.1, 0.15) is 5.76 Å². The third kappa shape index (κ3) is 2.85. The average Bonchev–Trinajstić information content (AvgIpc) is 2.93. The zero-order valence-corrected chi connectivity index (χ0v) is 14.0. The first-order chi connectivity index (χ1) is 10.2. The fraction of sp³-hybridized carbons (Fsp3) is 0.176. The van der Waals surface area contributed by atoms with Crippen molar-refractivity contribution in [2.45, 2.75) is 13.0 Å². The Morgan fingerprint density at radius 1 is 1.14 bits per heavy atom. The lowest BCUT2D eigenvalue weighted by molar-refractivity contribution is 0.406. The first kappa shape index (κ1) is 14.3. The molecule has 0 aliphatic heterocycles. The van der Waals surface area contributed by atoms with E-state index < -0.39 is 0 Å². The average molecular weight is 393 g/mol. The lowest BCUT2D eigenvalue weighted by Crippen LogP contribution is -2.06. The van der Waals surface area contributed by atoms with E-state index in [1.165, 1.54) is 3.57 Å². The molecule has 108 valence electrons. The van der Waals surface area contributed by atoms with Crippen molar-refractivity contribution >= 4 is 39.2 Å². The summed E-state index contributed by atoms with van der Waals surface area (Å²) in [6, 6.07) is 16.3. The number of furan rings is 1. The summed E-state index contributed by atoms with van der Waals surface area (Å²) < 4.78 is 12.5. The number of halogens is 1. The van der Waals surface area contributed by atoms with Crippen molar-refractivity contribution < 1.29 is 9.15 Å². The molecule has 0 amide bonds. The summed E-state index contributed by atoms with van der Waals surface area (Å²) in [7, 11) is 1.66. The van der Waals surface area contributed by atoms with Crippen LogP contribution in [0.3, 0.4) is 0 Å². The van der Waals surface area contributed by atoms with Gasteiger partial charge >= 0.3 is 0 Å². The summed E-state index contributed by atoms with van der Waals surface area (Å²) in [5.41, 5.74) is 1.91. The van der Waals surface area contributed by atoms with Gasteiger partial charge in [-0.05, 0) is 53.8 Å². The molecule has 3 rings (SSSR count). The Balaban J connectivity index is 1.91. The van der Waals surface area contributed by atoms with Gasteiger partial charge in [0, 0.05) is 14.6 Å². The topological polar surface area (TPSA) is 34.4 Å². The Bertz CT molecular complexity index is 766. The van der Waals surface area contributed by atoms with Gasteiger partial charge in [0.15, 0.2) is 11.3 Å². The molecule has 1 N–H and O–H groups in total. The van der Waals surface area contributed by atoms with E-state index in [1.807, 2.05) is 30.3 Å². The first-order valence-corrected chi connectivity index (χ1v) is 7.84. The smallest absolute Gasteiger partial charge is 0.176 e. The summed E-state index contributed by atoms with van der Waals surface area (Å²) in [5.74, 6) is 1.66. The van der Waals surface area contributed by atoms with Gasteiger partial charge in [-0.3, -0.25) is 0 Å². The van der Waals surface area contributed by atoms with Crippen LogP contribution in [0.15, 0.2) is 52.9 Å². The summed E-state index contributed by atoms with van der Waals surface area (Å²) in [6.45, 7) is 2.09. The molecule has 0 saturated carbocycles. The van der Waals surface area contributed by atoms with E-state index in [-0.39, 0.29) is 6.04 Å². The molecule has 4 heteroatoms. The first-order valence-electron chi connectivity index (χ1n) is 6.76. The van der Waals surface area contributed by atoms with Crippen LogP contribution < -0.4 is 10.1 Å². The number of rotatable bonds is 4. The van der Waals surface area contributed by atoms with Crippen LogP contribution in [0, 0.1) is 3.57 Å². The van der Waals surface area contributed by atoms with Crippen molar-refractivity contribution in [2.24, 2.45) is 0 Å². The molecule has 0 aliphatic rings. The minimum Gasteiger partial charge on any atom is -0.493 e. The molecule has 0 bridgehead atoms. The lowest BCUT2D eigenvalue weighted by atomic mass is 10.2. The van der Waals surface area contributed by atoms with Gasteiger partial charge in [-0.15, -0.1) is 0 Å². The van der Waals surface area contributed by atoms with Gasteiger partial charge in [-0.2, -0.15) is 0 Å². The van der Waals surface area contributed by atoms with Crippen molar-refractivity contribution in [3.05, 3.63) is 57.9 Å². The van der Waals surface area contributed by atoms with E-state index in [1.54, 1.807) is 7.11 Å². The fourth-order valence-electron chi connectivity index (χ4n) is 2.31. The molecule has 1 unspecified atom stereocenters. The molecule has 0 saturated heterocycles. The van der Waals surface area contributed by atoms with Crippen molar-refractivity contribution in [1.82, 2.24) is 0 Å². The maximum atomic E-state index is 5.97. The van der Waals surface area contributed by atoms with Gasteiger partial charge in [-0.25, -0.2) is 0 Å². The molecule has 1 heterocycles. The van der Waals surface area contributed by atoms with Crippen LogP contribution in [0.2, 0.25) is 0 Å². The van der Waals surface area contributed by atoms with Gasteiger partial charge < -0.3 is 14.5 Å². The van der Waals surface area contributed by atoms with Gasteiger partial charge in [0.25, 0.3) is 0 Å². The molecule has 0 aliphatic carbocycles. The van der Waals surface area contributed by atoms with Crippen molar-refractivity contribution in [3.63, 3.8) is 0 Å².